The highest BCUT2D eigenvalue weighted by Gasteiger charge is 2.36. The minimum atomic E-state index is -3.53. The van der Waals surface area contributed by atoms with Crippen molar-refractivity contribution in [2.75, 3.05) is 13.7 Å². The molecule has 0 aliphatic heterocycles. The van der Waals surface area contributed by atoms with Gasteiger partial charge in [-0.1, -0.05) is 15.9 Å². The summed E-state index contributed by atoms with van der Waals surface area (Å²) < 4.78 is 29.6. The molecule has 1 aromatic carbocycles. The average molecular weight is 322 g/mol. The van der Waals surface area contributed by atoms with E-state index >= 15 is 0 Å². The predicted octanol–water partition coefficient (Wildman–Crippen LogP) is 1.97. The van der Waals surface area contributed by atoms with Gasteiger partial charge in [-0.05, 0) is 32.0 Å². The summed E-state index contributed by atoms with van der Waals surface area (Å²) in [7, 11) is -2.09. The van der Waals surface area contributed by atoms with Crippen molar-refractivity contribution in [1.29, 1.82) is 0 Å². The van der Waals surface area contributed by atoms with Crippen LogP contribution in [0.4, 0.5) is 0 Å². The van der Waals surface area contributed by atoms with Gasteiger partial charge in [0, 0.05) is 11.0 Å². The topological polar surface area (TPSA) is 69.4 Å². The predicted molar refractivity (Wildman–Crippen MR) is 71.0 cm³/mol. The Morgan fingerprint density at radius 2 is 2.00 bits per heavy atom. The van der Waals surface area contributed by atoms with Gasteiger partial charge in [-0.3, -0.25) is 0 Å². The standard InChI is InChI=1S/C11H16BrNO3S/c1-11(2,7-13)17(14,15)10-6-8(12)4-5-9(10)16-3/h4-6H,7,13H2,1-3H3. The summed E-state index contributed by atoms with van der Waals surface area (Å²) >= 11 is 3.26. The van der Waals surface area contributed by atoms with E-state index in [0.29, 0.717) is 10.2 Å². The first-order chi connectivity index (χ1) is 7.76. The van der Waals surface area contributed by atoms with Crippen molar-refractivity contribution in [1.82, 2.24) is 0 Å². The molecule has 0 aliphatic carbocycles. The van der Waals surface area contributed by atoms with E-state index in [9.17, 15) is 8.42 Å². The summed E-state index contributed by atoms with van der Waals surface area (Å²) in [6.07, 6.45) is 0. The van der Waals surface area contributed by atoms with Crippen LogP contribution in [0.1, 0.15) is 13.8 Å². The number of hydrogen-bond donors (Lipinski definition) is 1. The van der Waals surface area contributed by atoms with E-state index in [1.165, 1.54) is 13.2 Å². The molecular formula is C11H16BrNO3S. The SMILES string of the molecule is COc1ccc(Br)cc1S(=O)(=O)C(C)(C)CN. The molecule has 0 heterocycles. The first-order valence-electron chi connectivity index (χ1n) is 5.04. The first-order valence-corrected chi connectivity index (χ1v) is 7.32. The van der Waals surface area contributed by atoms with Gasteiger partial charge in [-0.15, -0.1) is 0 Å². The number of methoxy groups -OCH3 is 1. The smallest absolute Gasteiger partial charge is 0.188 e. The second kappa shape index (κ2) is 4.96. The molecule has 96 valence electrons. The lowest BCUT2D eigenvalue weighted by molar-refractivity contribution is 0.401. The summed E-state index contributed by atoms with van der Waals surface area (Å²) in [5, 5.41) is 0. The Kier molecular flexibility index (Phi) is 4.22. The van der Waals surface area contributed by atoms with Gasteiger partial charge in [0.05, 0.1) is 11.9 Å². The molecule has 6 heteroatoms. The zero-order chi connectivity index (χ0) is 13.3. The van der Waals surface area contributed by atoms with E-state index in [4.69, 9.17) is 10.5 Å². The lowest BCUT2D eigenvalue weighted by Crippen LogP contribution is -2.39. The van der Waals surface area contributed by atoms with Crippen molar-refractivity contribution in [3.63, 3.8) is 0 Å². The van der Waals surface area contributed by atoms with Gasteiger partial charge in [0.25, 0.3) is 0 Å². The Balaban J connectivity index is 3.48. The highest BCUT2D eigenvalue weighted by Crippen LogP contribution is 2.33. The number of nitrogens with two attached hydrogens (primary N) is 1. The molecule has 0 amide bonds. The van der Waals surface area contributed by atoms with Gasteiger partial charge in [0.15, 0.2) is 9.84 Å². The van der Waals surface area contributed by atoms with Crippen LogP contribution in [-0.4, -0.2) is 26.8 Å². The molecule has 0 fully saturated rings. The van der Waals surface area contributed by atoms with Crippen LogP contribution in [0, 0.1) is 0 Å². The van der Waals surface area contributed by atoms with E-state index in [2.05, 4.69) is 15.9 Å². The maximum absolute atomic E-state index is 12.4. The van der Waals surface area contributed by atoms with Gasteiger partial charge in [0.2, 0.25) is 0 Å². The summed E-state index contributed by atoms with van der Waals surface area (Å²) in [6.45, 7) is 3.25. The van der Waals surface area contributed by atoms with Crippen LogP contribution >= 0.6 is 15.9 Å². The Morgan fingerprint density at radius 3 is 2.47 bits per heavy atom. The normalized spacial score (nSPS) is 12.5. The fourth-order valence-electron chi connectivity index (χ4n) is 1.27. The van der Waals surface area contributed by atoms with Crippen molar-refractivity contribution >= 4 is 25.8 Å². The first kappa shape index (κ1) is 14.5. The fraction of sp³-hybridized carbons (Fsp3) is 0.455. The van der Waals surface area contributed by atoms with E-state index in [1.807, 2.05) is 0 Å². The van der Waals surface area contributed by atoms with E-state index in [-0.39, 0.29) is 11.4 Å². The molecule has 1 rings (SSSR count). The molecule has 0 radical (unpaired) electrons. The molecule has 1 aromatic rings. The van der Waals surface area contributed by atoms with Crippen LogP contribution in [0.3, 0.4) is 0 Å². The molecule has 2 N–H and O–H groups in total. The molecule has 0 saturated heterocycles. The third-order valence-corrected chi connectivity index (χ3v) is 5.65. The van der Waals surface area contributed by atoms with E-state index < -0.39 is 14.6 Å². The third kappa shape index (κ3) is 2.64. The Labute approximate surface area is 110 Å². The number of rotatable bonds is 4. The molecule has 0 spiro atoms. The zero-order valence-electron chi connectivity index (χ0n) is 10.0. The van der Waals surface area contributed by atoms with Gasteiger partial charge in [-0.25, -0.2) is 8.42 Å². The highest BCUT2D eigenvalue weighted by molar-refractivity contribution is 9.10. The van der Waals surface area contributed by atoms with Gasteiger partial charge < -0.3 is 10.5 Å². The summed E-state index contributed by atoms with van der Waals surface area (Å²) in [5.41, 5.74) is 5.53. The number of hydrogen-bond acceptors (Lipinski definition) is 4. The van der Waals surface area contributed by atoms with Crippen LogP contribution < -0.4 is 10.5 Å². The fourth-order valence-corrected chi connectivity index (χ4v) is 3.29. The molecule has 0 atom stereocenters. The van der Waals surface area contributed by atoms with Crippen LogP contribution in [0.5, 0.6) is 5.75 Å². The van der Waals surface area contributed by atoms with Crippen LogP contribution in [0.15, 0.2) is 27.6 Å². The highest BCUT2D eigenvalue weighted by atomic mass is 79.9. The largest absolute Gasteiger partial charge is 0.495 e. The quantitative estimate of drug-likeness (QED) is 0.920. The second-order valence-corrected chi connectivity index (χ2v) is 7.73. The van der Waals surface area contributed by atoms with Gasteiger partial charge in [0.1, 0.15) is 10.6 Å². The Hall–Kier alpha value is -0.590. The second-order valence-electron chi connectivity index (χ2n) is 4.26. The van der Waals surface area contributed by atoms with Gasteiger partial charge in [-0.2, -0.15) is 0 Å². The van der Waals surface area contributed by atoms with Crippen molar-refractivity contribution in [3.05, 3.63) is 22.7 Å². The summed E-state index contributed by atoms with van der Waals surface area (Å²) in [5.74, 6) is 0.328. The summed E-state index contributed by atoms with van der Waals surface area (Å²) in [6, 6.07) is 4.88. The van der Waals surface area contributed by atoms with Crippen molar-refractivity contribution in [2.24, 2.45) is 5.73 Å². The molecule has 0 aromatic heterocycles. The van der Waals surface area contributed by atoms with E-state index in [1.54, 1.807) is 26.0 Å². The summed E-state index contributed by atoms with van der Waals surface area (Å²) in [4.78, 5) is 0.157. The lowest BCUT2D eigenvalue weighted by atomic mass is 10.2. The van der Waals surface area contributed by atoms with Crippen molar-refractivity contribution in [3.8, 4) is 5.75 Å². The van der Waals surface area contributed by atoms with Gasteiger partial charge >= 0.3 is 0 Å². The molecule has 0 saturated carbocycles. The van der Waals surface area contributed by atoms with Crippen molar-refractivity contribution in [2.45, 2.75) is 23.5 Å². The van der Waals surface area contributed by atoms with E-state index in [0.717, 1.165) is 0 Å². The minimum absolute atomic E-state index is 0.0466. The maximum atomic E-state index is 12.4. The number of halogens is 1. The number of benzene rings is 1. The molecule has 17 heavy (non-hydrogen) atoms. The maximum Gasteiger partial charge on any atom is 0.188 e. The molecular weight excluding hydrogens is 306 g/mol. The molecule has 0 aliphatic rings. The Bertz CT molecular complexity index is 511. The number of ether oxygens (including phenoxy) is 1. The lowest BCUT2D eigenvalue weighted by Gasteiger charge is -2.24. The monoisotopic (exact) mass is 321 g/mol. The average Bonchev–Trinajstić information content (AvgIpc) is 2.28. The number of sulfone groups is 1. The minimum Gasteiger partial charge on any atom is -0.495 e. The zero-order valence-corrected chi connectivity index (χ0v) is 12.4. The molecule has 4 nitrogen and oxygen atoms in total. The molecule has 0 bridgehead atoms. The third-order valence-electron chi connectivity index (χ3n) is 2.63. The van der Waals surface area contributed by atoms with Crippen LogP contribution in [0.25, 0.3) is 0 Å². The molecule has 0 unspecified atom stereocenters. The Morgan fingerprint density at radius 1 is 1.41 bits per heavy atom. The van der Waals surface area contributed by atoms with Crippen LogP contribution in [0.2, 0.25) is 0 Å². The van der Waals surface area contributed by atoms with Crippen molar-refractivity contribution < 1.29 is 13.2 Å². The van der Waals surface area contributed by atoms with Crippen LogP contribution in [-0.2, 0) is 9.84 Å².